The molecule has 0 bridgehead atoms. The minimum absolute atomic E-state index is 0. The second-order valence-corrected chi connectivity index (χ2v) is 3.54. The van der Waals surface area contributed by atoms with Gasteiger partial charge in [0.1, 0.15) is 5.82 Å². The molecule has 0 fully saturated rings. The molecule has 0 saturated carbocycles. The molecule has 1 rings (SSSR count). The van der Waals surface area contributed by atoms with Crippen molar-refractivity contribution in [2.45, 2.75) is 6.42 Å². The molecule has 1 aromatic rings. The predicted octanol–water partition coefficient (Wildman–Crippen LogP) is 1.26. The van der Waals surface area contributed by atoms with Crippen LogP contribution in [0.3, 0.4) is 0 Å². The number of carbonyl (C=O) groups excluding carboxylic acids is 2. The van der Waals surface area contributed by atoms with Gasteiger partial charge in [0.2, 0.25) is 0 Å². The molecule has 5 nitrogen and oxygen atoms in total. The Morgan fingerprint density at radius 3 is 2.48 bits per heavy atom. The van der Waals surface area contributed by atoms with Gasteiger partial charge in [-0.15, -0.1) is 0 Å². The van der Waals surface area contributed by atoms with Crippen LogP contribution in [0.4, 0.5) is 18.2 Å². The number of benzene rings is 1. The number of rotatable bonds is 7. The summed E-state index contributed by atoms with van der Waals surface area (Å²) in [5.74, 6) is -1.32. The van der Waals surface area contributed by atoms with Crippen molar-refractivity contribution in [3.8, 4) is 0 Å². The molecular formula is C12H15F4NO4. The Morgan fingerprint density at radius 2 is 1.90 bits per heavy atom. The van der Waals surface area contributed by atoms with Crippen molar-refractivity contribution in [3.63, 3.8) is 0 Å². The van der Waals surface area contributed by atoms with Crippen molar-refractivity contribution < 1.29 is 37.3 Å². The number of halogens is 4. The standard InChI is InChI=1S/C12H13F2NO4.2FH/c13-10-3-1-2-9(12(14)17)8(10)4-5-18-7-19-11(16)6-15;;/h1-3H,4-7,15H2;2*1H. The highest BCUT2D eigenvalue weighted by molar-refractivity contribution is 5.90. The molecule has 0 atom stereocenters. The molecule has 0 unspecified atom stereocenters. The largest absolute Gasteiger partial charge is 0.438 e. The molecule has 0 aliphatic rings. The third-order valence-electron chi connectivity index (χ3n) is 2.30. The summed E-state index contributed by atoms with van der Waals surface area (Å²) in [5.41, 5.74) is 4.59. The molecule has 9 heteroatoms. The smallest absolute Gasteiger partial charge is 0.332 e. The molecule has 120 valence electrons. The summed E-state index contributed by atoms with van der Waals surface area (Å²) in [6.45, 7) is -0.625. The van der Waals surface area contributed by atoms with Crippen molar-refractivity contribution in [1.82, 2.24) is 0 Å². The van der Waals surface area contributed by atoms with Crippen molar-refractivity contribution in [2.75, 3.05) is 19.9 Å². The maximum Gasteiger partial charge on any atom is 0.332 e. The van der Waals surface area contributed by atoms with Crippen LogP contribution in [0.5, 0.6) is 0 Å². The first-order chi connectivity index (χ1) is 9.06. The van der Waals surface area contributed by atoms with Gasteiger partial charge in [-0.05, 0) is 18.6 Å². The van der Waals surface area contributed by atoms with Gasteiger partial charge >= 0.3 is 12.0 Å². The van der Waals surface area contributed by atoms with Gasteiger partial charge in [0, 0.05) is 5.56 Å². The van der Waals surface area contributed by atoms with Crippen molar-refractivity contribution in [2.24, 2.45) is 5.73 Å². The van der Waals surface area contributed by atoms with Gasteiger partial charge in [-0.1, -0.05) is 6.07 Å². The third kappa shape index (κ3) is 6.82. The Morgan fingerprint density at radius 1 is 1.24 bits per heavy atom. The van der Waals surface area contributed by atoms with Gasteiger partial charge in [-0.25, -0.2) is 4.39 Å². The van der Waals surface area contributed by atoms with Crippen molar-refractivity contribution in [3.05, 3.63) is 35.1 Å². The fraction of sp³-hybridized carbons (Fsp3) is 0.333. The molecule has 0 aliphatic carbocycles. The Kier molecular flexibility index (Phi) is 10.9. The second kappa shape index (κ2) is 10.7. The van der Waals surface area contributed by atoms with E-state index in [0.717, 1.165) is 6.07 Å². The van der Waals surface area contributed by atoms with Crippen LogP contribution < -0.4 is 5.73 Å². The van der Waals surface area contributed by atoms with E-state index in [9.17, 15) is 18.4 Å². The Hall–Kier alpha value is -2.00. The summed E-state index contributed by atoms with van der Waals surface area (Å²) in [6.07, 6.45) is -0.0160. The first-order valence-corrected chi connectivity index (χ1v) is 5.47. The summed E-state index contributed by atoms with van der Waals surface area (Å²) in [6, 6.07) is 1.85. The van der Waals surface area contributed by atoms with E-state index in [2.05, 4.69) is 4.74 Å². The van der Waals surface area contributed by atoms with Crippen LogP contribution in [-0.4, -0.2) is 32.0 Å². The average Bonchev–Trinajstić information content (AvgIpc) is 2.39. The van der Waals surface area contributed by atoms with Gasteiger partial charge in [0.05, 0.1) is 18.7 Å². The van der Waals surface area contributed by atoms with E-state index in [0.29, 0.717) is 0 Å². The molecular weight excluding hydrogens is 298 g/mol. The van der Waals surface area contributed by atoms with Crippen molar-refractivity contribution >= 4 is 12.0 Å². The maximum absolute atomic E-state index is 13.4. The summed E-state index contributed by atoms with van der Waals surface area (Å²) in [4.78, 5) is 21.3. The number of ether oxygens (including phenoxy) is 2. The minimum Gasteiger partial charge on any atom is -0.438 e. The van der Waals surface area contributed by atoms with E-state index >= 15 is 0 Å². The zero-order valence-electron chi connectivity index (χ0n) is 10.8. The van der Waals surface area contributed by atoms with Crippen LogP contribution in [0.25, 0.3) is 0 Å². The molecule has 1 aromatic carbocycles. The third-order valence-corrected chi connectivity index (χ3v) is 2.30. The molecule has 0 aliphatic heterocycles. The normalized spacial score (nSPS) is 9.29. The fourth-order valence-electron chi connectivity index (χ4n) is 1.40. The SMILES string of the molecule is F.F.NCC(=O)OCOCCc1c(F)cccc1C(=O)F. The molecule has 0 amide bonds. The fourth-order valence-corrected chi connectivity index (χ4v) is 1.40. The lowest BCUT2D eigenvalue weighted by Crippen LogP contribution is -2.18. The lowest BCUT2D eigenvalue weighted by molar-refractivity contribution is -0.154. The second-order valence-electron chi connectivity index (χ2n) is 3.54. The lowest BCUT2D eigenvalue weighted by Gasteiger charge is -2.08. The number of hydrogen-bond acceptors (Lipinski definition) is 5. The maximum atomic E-state index is 13.4. The molecule has 0 saturated heterocycles. The number of carbonyl (C=O) groups is 2. The van der Waals surface area contributed by atoms with Crippen LogP contribution in [0, 0.1) is 5.82 Å². The van der Waals surface area contributed by atoms with Gasteiger partial charge < -0.3 is 15.2 Å². The minimum atomic E-state index is -1.70. The van der Waals surface area contributed by atoms with E-state index in [4.69, 9.17) is 10.5 Å². The quantitative estimate of drug-likeness (QED) is 0.269. The highest BCUT2D eigenvalue weighted by Gasteiger charge is 2.14. The van der Waals surface area contributed by atoms with Gasteiger partial charge in [0.25, 0.3) is 0 Å². The van der Waals surface area contributed by atoms with E-state index in [1.165, 1.54) is 12.1 Å². The van der Waals surface area contributed by atoms with Gasteiger partial charge in [0.15, 0.2) is 6.79 Å². The number of hydrogen-bond donors (Lipinski definition) is 1. The molecule has 0 heterocycles. The van der Waals surface area contributed by atoms with Crippen LogP contribution >= 0.6 is 0 Å². The zero-order valence-corrected chi connectivity index (χ0v) is 10.8. The van der Waals surface area contributed by atoms with Crippen LogP contribution in [0.1, 0.15) is 15.9 Å². The Labute approximate surface area is 117 Å². The number of esters is 1. The van der Waals surface area contributed by atoms with Crippen LogP contribution in [-0.2, 0) is 20.7 Å². The summed E-state index contributed by atoms with van der Waals surface area (Å²) >= 11 is 0. The van der Waals surface area contributed by atoms with E-state index in [1.807, 2.05) is 0 Å². The molecule has 21 heavy (non-hydrogen) atoms. The monoisotopic (exact) mass is 313 g/mol. The summed E-state index contributed by atoms with van der Waals surface area (Å²) in [7, 11) is 0. The molecule has 0 aromatic heterocycles. The van der Waals surface area contributed by atoms with Crippen LogP contribution in [0.15, 0.2) is 18.2 Å². The van der Waals surface area contributed by atoms with E-state index in [-0.39, 0.29) is 46.9 Å². The average molecular weight is 313 g/mol. The highest BCUT2D eigenvalue weighted by atomic mass is 19.1. The Bertz CT molecular complexity index is 471. The van der Waals surface area contributed by atoms with E-state index < -0.39 is 17.8 Å². The summed E-state index contributed by atoms with van der Waals surface area (Å²) in [5, 5.41) is 0. The molecule has 2 N–H and O–H groups in total. The highest BCUT2D eigenvalue weighted by Crippen LogP contribution is 2.15. The lowest BCUT2D eigenvalue weighted by atomic mass is 10.0. The molecule has 0 spiro atoms. The summed E-state index contributed by atoms with van der Waals surface area (Å²) < 4.78 is 35.5. The predicted molar refractivity (Wildman–Crippen MR) is 66.5 cm³/mol. The zero-order chi connectivity index (χ0) is 14.3. The van der Waals surface area contributed by atoms with Gasteiger partial charge in [-0.3, -0.25) is 19.0 Å². The van der Waals surface area contributed by atoms with Gasteiger partial charge in [-0.2, -0.15) is 4.39 Å². The topological polar surface area (TPSA) is 78.6 Å². The van der Waals surface area contributed by atoms with Crippen LogP contribution in [0.2, 0.25) is 0 Å². The Balaban J connectivity index is 0. The number of nitrogens with two attached hydrogens (primary N) is 1. The van der Waals surface area contributed by atoms with Crippen molar-refractivity contribution in [1.29, 1.82) is 0 Å². The van der Waals surface area contributed by atoms with E-state index in [1.54, 1.807) is 0 Å². The first kappa shape index (κ1) is 21.3. The molecule has 0 radical (unpaired) electrons. The first-order valence-electron chi connectivity index (χ1n) is 5.47.